The van der Waals surface area contributed by atoms with Gasteiger partial charge in [0.05, 0.1) is 133 Å². The molecular weight excluding hydrogens is 1010 g/mol. The number of aliphatic hydroxyl groups excluding tert-OH is 5. The van der Waals surface area contributed by atoms with Gasteiger partial charge >= 0.3 is 5.97 Å². The number of aliphatic carboxylic acids is 1. The minimum atomic E-state index is -1.85. The van der Waals surface area contributed by atoms with Crippen molar-refractivity contribution in [2.45, 2.75) is 171 Å². The van der Waals surface area contributed by atoms with E-state index in [1.165, 1.54) is 21.4 Å². The van der Waals surface area contributed by atoms with Crippen LogP contribution in [0.2, 0.25) is 0 Å². The summed E-state index contributed by atoms with van der Waals surface area (Å²) in [6, 6.07) is -1.79. The number of ether oxygens (including phenoxy) is 10. The third kappa shape index (κ3) is 15.9. The van der Waals surface area contributed by atoms with Crippen molar-refractivity contribution in [1.29, 1.82) is 0 Å². The summed E-state index contributed by atoms with van der Waals surface area (Å²) >= 11 is 0. The van der Waals surface area contributed by atoms with Crippen molar-refractivity contribution in [3.05, 3.63) is 11.9 Å². The van der Waals surface area contributed by atoms with Crippen molar-refractivity contribution in [2.75, 3.05) is 72.5 Å². The zero-order chi connectivity index (χ0) is 55.2. The van der Waals surface area contributed by atoms with Gasteiger partial charge in [0, 0.05) is 25.9 Å². The lowest BCUT2D eigenvalue weighted by Gasteiger charge is -2.45. The van der Waals surface area contributed by atoms with Crippen LogP contribution in [0.5, 0.6) is 0 Å². The summed E-state index contributed by atoms with van der Waals surface area (Å²) in [7, 11) is 0. The molecule has 18 atom stereocenters. The molecule has 0 aromatic carbocycles. The lowest BCUT2D eigenvalue weighted by atomic mass is 9.88. The number of carbonyl (C=O) groups excluding carboxylic acids is 4. The number of imide groups is 1. The lowest BCUT2D eigenvalue weighted by Crippen LogP contribution is -2.66. The standard InChI is InChI=1S/C47H78N8O21/c1-5-29-33-34(30(6-2)74-29)43(64)55(42(33)63)12-16-68-14-10-53(32(58)8-7-31(57)50-9-13-67-17-19-70-45-27(48)21-28(56)24(3)72-45)22-26-23-54(52-51-26)11-15-69-18-20-71-47-39(62)38(61)40(41(76-47)44(65)66)75-46-35(49)37(60)36(59)25(4)73-46/h23-25,27-30,33-41,45-47,56,59-62H,5-22,48-49H2,1-4H3,(H,50,57)(H,65,66)/t24?,25?,27?,28-,29-,30+,33+,34-,35?,36+,37+,38+,39?,40-,41?,45-,46+,47+/m0/s1. The number of fused-ring (bicyclic) bond motifs is 1. The Bertz CT molecular complexity index is 2000. The van der Waals surface area contributed by atoms with Gasteiger partial charge in [-0.3, -0.25) is 24.1 Å². The maximum Gasteiger partial charge on any atom is 0.335 e. The highest BCUT2D eigenvalue weighted by molar-refractivity contribution is 6.06. The van der Waals surface area contributed by atoms with Crippen LogP contribution < -0.4 is 16.8 Å². The molecule has 5 saturated heterocycles. The molecule has 0 aliphatic carbocycles. The van der Waals surface area contributed by atoms with Gasteiger partial charge < -0.3 is 99.7 Å². The first-order chi connectivity index (χ1) is 36.3. The Kier molecular flexibility index (Phi) is 23.6. The average Bonchev–Trinajstić information content (AvgIpc) is 4.08. The lowest BCUT2D eigenvalue weighted by molar-refractivity contribution is -0.337. The molecule has 1 aromatic rings. The molecule has 76 heavy (non-hydrogen) atoms. The number of hydrogen-bond donors (Lipinski definition) is 9. The molecule has 0 radical (unpaired) electrons. The van der Waals surface area contributed by atoms with Crippen molar-refractivity contribution >= 4 is 29.6 Å². The number of likely N-dealkylation sites (tertiary alicyclic amines) is 1. The Morgan fingerprint density at radius 2 is 1.38 bits per heavy atom. The normalized spacial score (nSPS) is 34.6. The maximum absolute atomic E-state index is 13.6. The summed E-state index contributed by atoms with van der Waals surface area (Å²) in [6.07, 6.45) is -13.5. The quantitative estimate of drug-likeness (QED) is 0.0258. The van der Waals surface area contributed by atoms with Gasteiger partial charge in [-0.25, -0.2) is 9.48 Å². The molecule has 29 heteroatoms. The molecule has 1 aromatic heterocycles. The van der Waals surface area contributed by atoms with Crippen LogP contribution in [0.15, 0.2) is 6.20 Å². The summed E-state index contributed by atoms with van der Waals surface area (Å²) in [4.78, 5) is 67.8. The summed E-state index contributed by atoms with van der Waals surface area (Å²) < 4.78 is 57.8. The van der Waals surface area contributed by atoms with Crippen molar-refractivity contribution < 1.29 is 102 Å². The van der Waals surface area contributed by atoms with Crippen molar-refractivity contribution in [3.63, 3.8) is 0 Å². The Morgan fingerprint density at radius 1 is 0.750 bits per heavy atom. The molecule has 5 aliphatic rings. The third-order valence-electron chi connectivity index (χ3n) is 14.0. The largest absolute Gasteiger partial charge is 0.479 e. The number of aliphatic hydroxyl groups is 5. The van der Waals surface area contributed by atoms with Crippen LogP contribution in [-0.2, 0) is 84.4 Å². The fourth-order valence-corrected chi connectivity index (χ4v) is 9.65. The van der Waals surface area contributed by atoms with Crippen molar-refractivity contribution in [1.82, 2.24) is 30.1 Å². The smallest absolute Gasteiger partial charge is 0.335 e. The molecule has 29 nitrogen and oxygen atoms in total. The van der Waals surface area contributed by atoms with Gasteiger partial charge in [-0.1, -0.05) is 19.1 Å². The molecule has 6 heterocycles. The van der Waals surface area contributed by atoms with Gasteiger partial charge in [0.15, 0.2) is 25.0 Å². The molecular formula is C47H78N8O21. The molecule has 11 N–H and O–H groups in total. The van der Waals surface area contributed by atoms with Crippen LogP contribution in [0.4, 0.5) is 0 Å². The van der Waals surface area contributed by atoms with Crippen LogP contribution in [-0.4, -0.2) is 256 Å². The van der Waals surface area contributed by atoms with Crippen molar-refractivity contribution in [3.8, 4) is 0 Å². The second-order valence-corrected chi connectivity index (χ2v) is 19.4. The van der Waals surface area contributed by atoms with Crippen LogP contribution >= 0.6 is 0 Å². The van der Waals surface area contributed by atoms with Gasteiger partial charge in [0.2, 0.25) is 23.6 Å². The molecule has 0 bridgehead atoms. The molecule has 0 saturated carbocycles. The first-order valence-corrected chi connectivity index (χ1v) is 26.0. The molecule has 5 aliphatic heterocycles. The van der Waals surface area contributed by atoms with Gasteiger partial charge in [-0.15, -0.1) is 5.10 Å². The van der Waals surface area contributed by atoms with Gasteiger partial charge in [-0.2, -0.15) is 0 Å². The third-order valence-corrected chi connectivity index (χ3v) is 14.0. The van der Waals surface area contributed by atoms with E-state index in [1.54, 1.807) is 13.1 Å². The monoisotopic (exact) mass is 1090 g/mol. The number of amides is 4. The zero-order valence-electron chi connectivity index (χ0n) is 43.4. The Labute approximate surface area is 439 Å². The fraction of sp³-hybridized carbons (Fsp3) is 0.851. The van der Waals surface area contributed by atoms with Gasteiger partial charge in [0.1, 0.15) is 36.2 Å². The number of carboxylic acids is 1. The summed E-state index contributed by atoms with van der Waals surface area (Å²) in [5.41, 5.74) is 12.3. The highest BCUT2D eigenvalue weighted by Crippen LogP contribution is 2.42. The maximum atomic E-state index is 13.6. The van der Waals surface area contributed by atoms with Crippen LogP contribution in [0.3, 0.4) is 0 Å². The minimum Gasteiger partial charge on any atom is -0.479 e. The second kappa shape index (κ2) is 29.3. The predicted octanol–water partition coefficient (Wildman–Crippen LogP) is -4.69. The first kappa shape index (κ1) is 61.2. The van der Waals surface area contributed by atoms with Crippen LogP contribution in [0.25, 0.3) is 0 Å². The molecule has 6 unspecified atom stereocenters. The topological polar surface area (TPSA) is 400 Å². The summed E-state index contributed by atoms with van der Waals surface area (Å²) in [5.74, 6) is -3.87. The first-order valence-electron chi connectivity index (χ1n) is 26.0. The van der Waals surface area contributed by atoms with E-state index in [1.807, 2.05) is 13.8 Å². The zero-order valence-corrected chi connectivity index (χ0v) is 43.4. The Morgan fingerprint density at radius 3 is 2.05 bits per heavy atom. The van der Waals surface area contributed by atoms with E-state index in [-0.39, 0.29) is 134 Å². The number of nitrogens with zero attached hydrogens (tertiary/aromatic N) is 5. The summed E-state index contributed by atoms with van der Waals surface area (Å²) in [5, 5.41) is 72.7. The Balaban J connectivity index is 0.929. The molecule has 5 fully saturated rings. The Hall–Kier alpha value is -3.99. The van der Waals surface area contributed by atoms with E-state index in [4.69, 9.17) is 58.8 Å². The SMILES string of the molecule is CC[C@@H]1O[C@H](CC)[C@@H]2C(=O)N(CCOCCN(Cc3cn(CCOCCO[C@@H]4OC(C(=O)O)[C@@H](O[C@H]5OC(C)[C@@H](O)[C@H](O)C5N)[C@H](O)C4O)nn3)C(=O)CCC(=O)NCCOCCO[C@H]3OC(C)[C@@H](O)CC3N)C(=O)[C@@H]21. The number of carboxylic acid groups (broad SMARTS) is 1. The predicted molar refractivity (Wildman–Crippen MR) is 255 cm³/mol. The minimum absolute atomic E-state index is 0.00251. The fourth-order valence-electron chi connectivity index (χ4n) is 9.65. The number of nitrogens with one attached hydrogen (secondary N) is 1. The van der Waals surface area contributed by atoms with Crippen molar-refractivity contribution in [2.24, 2.45) is 23.3 Å². The number of carbonyl (C=O) groups is 5. The van der Waals surface area contributed by atoms with Gasteiger partial charge in [-0.05, 0) is 33.1 Å². The van der Waals surface area contributed by atoms with E-state index < -0.39 is 104 Å². The highest BCUT2D eigenvalue weighted by atomic mass is 16.7. The summed E-state index contributed by atoms with van der Waals surface area (Å²) in [6.45, 7) is 8.01. The van der Waals surface area contributed by atoms with E-state index >= 15 is 0 Å². The molecule has 6 rings (SSSR count). The average molecular weight is 1090 g/mol. The van der Waals surface area contributed by atoms with Gasteiger partial charge in [0.25, 0.3) is 0 Å². The molecule has 4 amide bonds. The second-order valence-electron chi connectivity index (χ2n) is 19.4. The number of nitrogens with two attached hydrogens (primary N) is 2. The van der Waals surface area contributed by atoms with Crippen LogP contribution in [0, 0.1) is 11.8 Å². The van der Waals surface area contributed by atoms with E-state index in [0.29, 0.717) is 25.0 Å². The highest BCUT2D eigenvalue weighted by Gasteiger charge is 2.58. The molecule has 432 valence electrons. The number of aromatic nitrogens is 3. The molecule has 0 spiro atoms. The van der Waals surface area contributed by atoms with E-state index in [0.717, 1.165) is 0 Å². The number of rotatable bonds is 30. The van der Waals surface area contributed by atoms with E-state index in [9.17, 15) is 54.6 Å². The van der Waals surface area contributed by atoms with E-state index in [2.05, 4.69) is 15.6 Å². The number of hydrogen-bond acceptors (Lipinski definition) is 24. The van der Waals surface area contributed by atoms with Crippen LogP contribution in [0.1, 0.15) is 65.5 Å².